The molecule has 0 aromatic carbocycles. The maximum Gasteiger partial charge on any atom is 0.191 e. The lowest BCUT2D eigenvalue weighted by molar-refractivity contribution is 0.298. The average molecular weight is 443 g/mol. The second kappa shape index (κ2) is 10.2. The van der Waals surface area contributed by atoms with Crippen molar-refractivity contribution in [3.8, 4) is 0 Å². The summed E-state index contributed by atoms with van der Waals surface area (Å²) in [5, 5.41) is 10.9. The van der Waals surface area contributed by atoms with E-state index in [0.29, 0.717) is 6.54 Å². The largest absolute Gasteiger partial charge is 0.354 e. The summed E-state index contributed by atoms with van der Waals surface area (Å²) in [6, 6.07) is 6.09. The maximum absolute atomic E-state index is 4.29. The molecule has 1 unspecified atom stereocenters. The van der Waals surface area contributed by atoms with Gasteiger partial charge in [0.25, 0.3) is 0 Å². The number of halogens is 1. The molecule has 2 aromatic heterocycles. The second-order valence-electron chi connectivity index (χ2n) is 5.55. The van der Waals surface area contributed by atoms with E-state index in [1.165, 1.54) is 5.56 Å². The van der Waals surface area contributed by atoms with E-state index in [9.17, 15) is 0 Å². The zero-order chi connectivity index (χ0) is 16.7. The van der Waals surface area contributed by atoms with Crippen LogP contribution in [0, 0.1) is 0 Å². The van der Waals surface area contributed by atoms with Crippen LogP contribution in [-0.4, -0.2) is 53.3 Å². The molecule has 1 atom stereocenters. The number of pyridine rings is 1. The van der Waals surface area contributed by atoms with Gasteiger partial charge in [0.15, 0.2) is 5.96 Å². The minimum Gasteiger partial charge on any atom is -0.354 e. The summed E-state index contributed by atoms with van der Waals surface area (Å²) < 4.78 is 1.82. The molecule has 2 aromatic rings. The first-order chi connectivity index (χ1) is 11.1. The number of aryl methyl sites for hydroxylation is 1. The van der Waals surface area contributed by atoms with Crippen LogP contribution in [0.3, 0.4) is 0 Å². The Kier molecular flexibility index (Phi) is 8.69. The minimum atomic E-state index is 0. The Labute approximate surface area is 160 Å². The van der Waals surface area contributed by atoms with Crippen LogP contribution in [0.15, 0.2) is 41.8 Å². The minimum absolute atomic E-state index is 0. The summed E-state index contributed by atoms with van der Waals surface area (Å²) in [6.45, 7) is 1.38. The van der Waals surface area contributed by atoms with Crippen LogP contribution in [0.5, 0.6) is 0 Å². The van der Waals surface area contributed by atoms with Crippen molar-refractivity contribution >= 4 is 29.9 Å². The summed E-state index contributed by atoms with van der Waals surface area (Å²) in [4.78, 5) is 10.7. The molecular formula is C16H26IN7. The monoisotopic (exact) mass is 443 g/mol. The molecular weight excluding hydrogens is 417 g/mol. The quantitative estimate of drug-likeness (QED) is 0.402. The van der Waals surface area contributed by atoms with Gasteiger partial charge < -0.3 is 15.5 Å². The first kappa shape index (κ1) is 20.4. The number of aromatic nitrogens is 3. The van der Waals surface area contributed by atoms with Crippen molar-refractivity contribution in [2.45, 2.75) is 12.6 Å². The molecule has 0 aliphatic carbocycles. The van der Waals surface area contributed by atoms with Crippen molar-refractivity contribution in [3.63, 3.8) is 0 Å². The number of guanidine groups is 1. The third-order valence-corrected chi connectivity index (χ3v) is 3.58. The van der Waals surface area contributed by atoms with E-state index in [0.717, 1.165) is 18.2 Å². The fourth-order valence-corrected chi connectivity index (χ4v) is 2.30. The first-order valence-electron chi connectivity index (χ1n) is 7.59. The number of nitrogens with zero attached hydrogens (tertiary/aromatic N) is 5. The van der Waals surface area contributed by atoms with Crippen LogP contribution in [0.1, 0.15) is 17.3 Å². The zero-order valence-corrected chi connectivity index (χ0v) is 16.9. The van der Waals surface area contributed by atoms with Crippen LogP contribution in [-0.2, 0) is 13.6 Å². The van der Waals surface area contributed by atoms with E-state index < -0.39 is 0 Å². The topological polar surface area (TPSA) is 70.4 Å². The van der Waals surface area contributed by atoms with Crippen molar-refractivity contribution < 1.29 is 0 Å². The van der Waals surface area contributed by atoms with Gasteiger partial charge in [0.1, 0.15) is 0 Å². The summed E-state index contributed by atoms with van der Waals surface area (Å²) in [5.74, 6) is 0.756. The van der Waals surface area contributed by atoms with Crippen LogP contribution >= 0.6 is 24.0 Å². The molecule has 132 valence electrons. The van der Waals surface area contributed by atoms with Crippen molar-refractivity contribution in [3.05, 3.63) is 48.0 Å². The lowest BCUT2D eigenvalue weighted by Gasteiger charge is -2.24. The summed E-state index contributed by atoms with van der Waals surface area (Å²) in [7, 11) is 7.81. The van der Waals surface area contributed by atoms with Crippen LogP contribution < -0.4 is 10.6 Å². The molecule has 24 heavy (non-hydrogen) atoms. The van der Waals surface area contributed by atoms with Gasteiger partial charge in [0.05, 0.1) is 24.5 Å². The average Bonchev–Trinajstić information content (AvgIpc) is 2.97. The van der Waals surface area contributed by atoms with E-state index in [1.54, 1.807) is 13.2 Å². The van der Waals surface area contributed by atoms with Crippen LogP contribution in [0.2, 0.25) is 0 Å². The molecule has 0 saturated heterocycles. The summed E-state index contributed by atoms with van der Waals surface area (Å²) in [5.41, 5.74) is 2.15. The lowest BCUT2D eigenvalue weighted by Crippen LogP contribution is -2.41. The van der Waals surface area contributed by atoms with Gasteiger partial charge in [-0.2, -0.15) is 5.10 Å². The van der Waals surface area contributed by atoms with Crippen molar-refractivity contribution in [2.24, 2.45) is 12.0 Å². The Morgan fingerprint density at radius 2 is 2.12 bits per heavy atom. The fraction of sp³-hybridized carbons (Fsp3) is 0.438. The number of hydrogen-bond donors (Lipinski definition) is 2. The second-order valence-corrected chi connectivity index (χ2v) is 5.55. The normalized spacial score (nSPS) is 12.6. The smallest absolute Gasteiger partial charge is 0.191 e. The highest BCUT2D eigenvalue weighted by molar-refractivity contribution is 14.0. The van der Waals surface area contributed by atoms with Gasteiger partial charge in [0.2, 0.25) is 0 Å². The molecule has 2 heterocycles. The van der Waals surface area contributed by atoms with Gasteiger partial charge in [0, 0.05) is 38.6 Å². The Morgan fingerprint density at radius 3 is 2.67 bits per heavy atom. The molecule has 0 fully saturated rings. The number of hydrogen-bond acceptors (Lipinski definition) is 4. The highest BCUT2D eigenvalue weighted by atomic mass is 127. The van der Waals surface area contributed by atoms with Gasteiger partial charge in [-0.15, -0.1) is 24.0 Å². The third kappa shape index (κ3) is 6.08. The van der Waals surface area contributed by atoms with E-state index in [2.05, 4.69) is 44.7 Å². The molecule has 0 saturated carbocycles. The molecule has 2 rings (SSSR count). The molecule has 0 aliphatic rings. The maximum atomic E-state index is 4.29. The van der Waals surface area contributed by atoms with Crippen molar-refractivity contribution in [1.82, 2.24) is 30.3 Å². The Bertz CT molecular complexity index is 624. The number of rotatable bonds is 6. The predicted octanol–water partition coefficient (Wildman–Crippen LogP) is 1.40. The Hall–Kier alpha value is -1.68. The van der Waals surface area contributed by atoms with E-state index in [1.807, 2.05) is 42.3 Å². The Morgan fingerprint density at radius 1 is 1.33 bits per heavy atom. The van der Waals surface area contributed by atoms with Gasteiger partial charge in [-0.3, -0.25) is 14.7 Å². The number of aliphatic imine (C=N–C) groups is 1. The van der Waals surface area contributed by atoms with Gasteiger partial charge >= 0.3 is 0 Å². The van der Waals surface area contributed by atoms with Crippen LogP contribution in [0.25, 0.3) is 0 Å². The molecule has 0 bridgehead atoms. The SMILES string of the molecule is CN=C(NCc1ccccn1)NCC(c1cnn(C)c1)N(C)C.I. The third-order valence-electron chi connectivity index (χ3n) is 3.58. The molecule has 0 amide bonds. The standard InChI is InChI=1S/C16H25N7.HI/c1-17-16(19-10-14-7-5-6-8-18-14)20-11-15(22(2)3)13-9-21-23(4)12-13;/h5-9,12,15H,10-11H2,1-4H3,(H2,17,19,20);1H. The van der Waals surface area contributed by atoms with E-state index in [4.69, 9.17) is 0 Å². The molecule has 8 heteroatoms. The van der Waals surface area contributed by atoms with Crippen molar-refractivity contribution in [2.75, 3.05) is 27.7 Å². The van der Waals surface area contributed by atoms with Crippen molar-refractivity contribution in [1.29, 1.82) is 0 Å². The van der Waals surface area contributed by atoms with Gasteiger partial charge in [-0.25, -0.2) is 0 Å². The van der Waals surface area contributed by atoms with Crippen LogP contribution in [0.4, 0.5) is 0 Å². The van der Waals surface area contributed by atoms with E-state index in [-0.39, 0.29) is 30.0 Å². The molecule has 7 nitrogen and oxygen atoms in total. The highest BCUT2D eigenvalue weighted by Gasteiger charge is 2.16. The Balaban J connectivity index is 0.00000288. The highest BCUT2D eigenvalue weighted by Crippen LogP contribution is 2.15. The fourth-order valence-electron chi connectivity index (χ4n) is 2.30. The molecule has 0 radical (unpaired) electrons. The molecule has 2 N–H and O–H groups in total. The summed E-state index contributed by atoms with van der Waals surface area (Å²) in [6.07, 6.45) is 5.73. The van der Waals surface area contributed by atoms with Gasteiger partial charge in [-0.05, 0) is 26.2 Å². The predicted molar refractivity (Wildman–Crippen MR) is 107 cm³/mol. The lowest BCUT2D eigenvalue weighted by atomic mass is 10.1. The first-order valence-corrected chi connectivity index (χ1v) is 7.59. The number of likely N-dealkylation sites (N-methyl/N-ethyl adjacent to an activating group) is 1. The van der Waals surface area contributed by atoms with E-state index >= 15 is 0 Å². The summed E-state index contributed by atoms with van der Waals surface area (Å²) >= 11 is 0. The van der Waals surface area contributed by atoms with Gasteiger partial charge in [-0.1, -0.05) is 6.07 Å². The molecule has 0 spiro atoms. The molecule has 0 aliphatic heterocycles. The number of nitrogens with one attached hydrogen (secondary N) is 2. The zero-order valence-electron chi connectivity index (χ0n) is 14.6.